The third kappa shape index (κ3) is 10.8. The number of aromatic nitrogens is 1. The van der Waals surface area contributed by atoms with Crippen molar-refractivity contribution in [1.29, 1.82) is 0 Å². The van der Waals surface area contributed by atoms with Gasteiger partial charge in [-0.2, -0.15) is 0 Å². The van der Waals surface area contributed by atoms with Gasteiger partial charge in [-0.1, -0.05) is 38.1 Å². The molecule has 0 aliphatic heterocycles. The molecule has 0 aliphatic carbocycles. The number of hydrogen-bond acceptors (Lipinski definition) is 7. The van der Waals surface area contributed by atoms with Gasteiger partial charge < -0.3 is 21.3 Å². The molecule has 226 valence electrons. The Balaban J connectivity index is 1.34. The minimum absolute atomic E-state index is 0.0245. The molecule has 9 heteroatoms. The predicted octanol–water partition coefficient (Wildman–Crippen LogP) is 4.92. The van der Waals surface area contributed by atoms with Crippen LogP contribution in [0, 0.1) is 17.0 Å². The maximum atomic E-state index is 13.9. The highest BCUT2D eigenvalue weighted by atomic mass is 19.1. The van der Waals surface area contributed by atoms with E-state index in [0.717, 1.165) is 34.9 Å². The van der Waals surface area contributed by atoms with Crippen LogP contribution in [0.25, 0.3) is 11.1 Å². The summed E-state index contributed by atoms with van der Waals surface area (Å²) in [4.78, 5) is 29.1. The molecule has 42 heavy (non-hydrogen) atoms. The molecule has 5 N–H and O–H groups in total. The average molecular weight is 582 g/mol. The van der Waals surface area contributed by atoms with Gasteiger partial charge in [0.05, 0.1) is 19.3 Å². The molecule has 0 aliphatic rings. The summed E-state index contributed by atoms with van der Waals surface area (Å²) in [6.07, 6.45) is 3.60. The van der Waals surface area contributed by atoms with Crippen LogP contribution in [0.1, 0.15) is 57.1 Å². The van der Waals surface area contributed by atoms with Gasteiger partial charge >= 0.3 is 0 Å². The zero-order valence-electron chi connectivity index (χ0n) is 24.3. The third-order valence-corrected chi connectivity index (χ3v) is 7.39. The van der Waals surface area contributed by atoms with Crippen molar-refractivity contribution in [3.05, 3.63) is 89.8 Å². The van der Waals surface area contributed by atoms with Crippen molar-refractivity contribution in [3.63, 3.8) is 0 Å². The van der Waals surface area contributed by atoms with Crippen LogP contribution in [0.5, 0.6) is 0 Å². The molecule has 0 spiro atoms. The van der Waals surface area contributed by atoms with Crippen molar-refractivity contribution < 1.29 is 28.2 Å². The van der Waals surface area contributed by atoms with E-state index in [1.807, 2.05) is 50.2 Å². The molecule has 1 heterocycles. The van der Waals surface area contributed by atoms with Crippen LogP contribution < -0.4 is 11.5 Å². The number of nitrogens with two attached hydrogens (primary N) is 2. The molecule has 0 fully saturated rings. The van der Waals surface area contributed by atoms with E-state index >= 15 is 0 Å². The fourth-order valence-corrected chi connectivity index (χ4v) is 4.64. The minimum atomic E-state index is -1.35. The number of carbonyl (C=O) groups is 2. The number of ether oxygens (including phenoxy) is 1. The molecule has 3 unspecified atom stereocenters. The van der Waals surface area contributed by atoms with E-state index in [0.29, 0.717) is 19.4 Å². The van der Waals surface area contributed by atoms with Gasteiger partial charge in [-0.3, -0.25) is 14.6 Å². The lowest BCUT2D eigenvalue weighted by molar-refractivity contribution is -0.129. The summed E-state index contributed by atoms with van der Waals surface area (Å²) in [5.74, 6) is -1.55. The number of rotatable bonds is 17. The van der Waals surface area contributed by atoms with Crippen molar-refractivity contribution in [3.8, 4) is 11.1 Å². The lowest BCUT2D eigenvalue weighted by atomic mass is 9.81. The number of hydrogen-bond donors (Lipinski definition) is 3. The van der Waals surface area contributed by atoms with Crippen LogP contribution in [0.15, 0.2) is 67.0 Å². The molecule has 0 bridgehead atoms. The van der Waals surface area contributed by atoms with Gasteiger partial charge in [0.2, 0.25) is 0 Å². The smallest absolute Gasteiger partial charge is 0.162 e. The van der Waals surface area contributed by atoms with Crippen molar-refractivity contribution in [2.24, 2.45) is 16.9 Å². The summed E-state index contributed by atoms with van der Waals surface area (Å²) in [5, 5.41) is 10.4. The van der Waals surface area contributed by atoms with E-state index in [4.69, 9.17) is 16.2 Å². The Hall–Kier alpha value is -3.37. The second kappa shape index (κ2) is 15.7. The summed E-state index contributed by atoms with van der Waals surface area (Å²) in [7, 11) is 0. The van der Waals surface area contributed by atoms with Gasteiger partial charge in [-0.05, 0) is 77.3 Å². The first-order chi connectivity index (χ1) is 19.9. The monoisotopic (exact) mass is 581 g/mol. The highest BCUT2D eigenvalue weighted by molar-refractivity contribution is 5.83. The Morgan fingerprint density at radius 3 is 2.29 bits per heavy atom. The molecule has 0 saturated heterocycles. The maximum absolute atomic E-state index is 13.9. The first-order valence-electron chi connectivity index (χ1n) is 14.2. The van der Waals surface area contributed by atoms with Crippen molar-refractivity contribution in [2.75, 3.05) is 6.61 Å². The van der Waals surface area contributed by atoms with E-state index in [1.165, 1.54) is 0 Å². The van der Waals surface area contributed by atoms with E-state index in [2.05, 4.69) is 4.98 Å². The minimum Gasteiger partial charge on any atom is -0.384 e. The number of Topliss-reactive ketones (excluding diaryl/α,β-unsaturated/α-hetero) is 2. The summed E-state index contributed by atoms with van der Waals surface area (Å²) in [6.45, 7) is 4.22. The van der Waals surface area contributed by atoms with Crippen LogP contribution in [-0.4, -0.2) is 46.5 Å². The van der Waals surface area contributed by atoms with E-state index < -0.39 is 29.8 Å². The number of nitrogens with zero attached hydrogens (tertiary/aromatic N) is 1. The summed E-state index contributed by atoms with van der Waals surface area (Å²) in [6, 6.07) is 13.4. The highest BCUT2D eigenvalue weighted by Gasteiger charge is 2.27. The number of pyridine rings is 1. The summed E-state index contributed by atoms with van der Waals surface area (Å²) in [5.41, 5.74) is 14.9. The normalized spacial score (nSPS) is 13.9. The van der Waals surface area contributed by atoms with Gasteiger partial charge in [-0.25, -0.2) is 8.78 Å². The van der Waals surface area contributed by atoms with Gasteiger partial charge in [0.15, 0.2) is 5.78 Å². The number of benzene rings is 2. The van der Waals surface area contributed by atoms with Gasteiger partial charge in [0.1, 0.15) is 23.5 Å². The van der Waals surface area contributed by atoms with Gasteiger partial charge in [-0.15, -0.1) is 0 Å². The second-order valence-corrected chi connectivity index (χ2v) is 11.6. The van der Waals surface area contributed by atoms with E-state index in [1.54, 1.807) is 12.4 Å². The Morgan fingerprint density at radius 1 is 0.952 bits per heavy atom. The molecular weight excluding hydrogens is 540 g/mol. The number of ketones is 2. The lowest BCUT2D eigenvalue weighted by Crippen LogP contribution is -2.44. The molecule has 1 aromatic heterocycles. The van der Waals surface area contributed by atoms with Crippen LogP contribution in [0.3, 0.4) is 0 Å². The highest BCUT2D eigenvalue weighted by Crippen LogP contribution is 2.29. The molecule has 0 saturated carbocycles. The number of carbonyl (C=O) groups excluding carboxylic acids is 2. The molecule has 3 rings (SSSR count). The third-order valence-electron chi connectivity index (χ3n) is 7.39. The summed E-state index contributed by atoms with van der Waals surface area (Å²) >= 11 is 0. The quantitative estimate of drug-likeness (QED) is 0.206. The topological polar surface area (TPSA) is 129 Å². The van der Waals surface area contributed by atoms with E-state index in [9.17, 15) is 23.5 Å². The molecule has 2 aromatic carbocycles. The largest absolute Gasteiger partial charge is 0.384 e. The molecular formula is C33H41F2N3O4. The number of aliphatic hydroxyl groups excluding tert-OH is 1. The standard InChI is InChI=1S/C33H41F2N3O4/c1-33(2,13-9-28(39)19-27(36)18-25-17-26(34)7-8-29(25)35)14-10-31(40)32(41)30(37)21-42-20-22-3-5-23(6-4-22)24-11-15-38-16-12-24/h3-8,11-12,15-17,27,30,32,41H,9-10,13-14,18-21,36-37H2,1-2H3. The Morgan fingerprint density at radius 2 is 1.60 bits per heavy atom. The van der Waals surface area contributed by atoms with Crippen LogP contribution in [0.4, 0.5) is 8.78 Å². The molecule has 0 radical (unpaired) electrons. The summed E-state index contributed by atoms with van der Waals surface area (Å²) < 4.78 is 32.9. The average Bonchev–Trinajstić information content (AvgIpc) is 2.97. The van der Waals surface area contributed by atoms with Crippen LogP contribution >= 0.6 is 0 Å². The van der Waals surface area contributed by atoms with Crippen LogP contribution in [0.2, 0.25) is 0 Å². The predicted molar refractivity (Wildman–Crippen MR) is 158 cm³/mol. The molecule has 7 nitrogen and oxygen atoms in total. The fourth-order valence-electron chi connectivity index (χ4n) is 4.64. The molecule has 3 aromatic rings. The molecule has 0 amide bonds. The van der Waals surface area contributed by atoms with Gasteiger partial charge in [0, 0.05) is 37.7 Å². The zero-order chi connectivity index (χ0) is 30.7. The Bertz CT molecular complexity index is 1300. The Labute approximate surface area is 246 Å². The maximum Gasteiger partial charge on any atom is 0.162 e. The second-order valence-electron chi connectivity index (χ2n) is 11.6. The van der Waals surface area contributed by atoms with Crippen LogP contribution in [-0.2, 0) is 27.4 Å². The fraction of sp³-hybridized carbons (Fsp3) is 0.424. The van der Waals surface area contributed by atoms with E-state index in [-0.39, 0.29) is 54.8 Å². The first kappa shape index (κ1) is 33.1. The number of halogens is 2. The lowest BCUT2D eigenvalue weighted by Gasteiger charge is -2.25. The Kier molecular flexibility index (Phi) is 12.4. The van der Waals surface area contributed by atoms with Gasteiger partial charge in [0.25, 0.3) is 0 Å². The SMILES string of the molecule is CC(C)(CCC(=O)CC(N)Cc1cc(F)ccc1F)CCC(=O)C(O)C(N)COCc1ccc(-c2ccncc2)cc1. The van der Waals surface area contributed by atoms with Crippen molar-refractivity contribution in [2.45, 2.75) is 77.2 Å². The number of aliphatic hydroxyl groups is 1. The zero-order valence-corrected chi connectivity index (χ0v) is 24.3. The van der Waals surface area contributed by atoms with Crippen molar-refractivity contribution >= 4 is 11.6 Å². The van der Waals surface area contributed by atoms with Crippen molar-refractivity contribution in [1.82, 2.24) is 4.98 Å². The molecule has 3 atom stereocenters. The first-order valence-corrected chi connectivity index (χ1v) is 14.2.